The molecular weight excluding hydrogens is 157 g/mol. The van der Waals surface area contributed by atoms with Gasteiger partial charge in [-0.15, -0.1) is 0 Å². The van der Waals surface area contributed by atoms with Gasteiger partial charge in [-0.1, -0.05) is 13.3 Å². The number of hydrogen-bond acceptors (Lipinski definition) is 1. The maximum Gasteiger partial charge on any atom is 0.257 e. The van der Waals surface area contributed by atoms with E-state index in [0.717, 1.165) is 19.3 Å². The number of halogens is 1. The van der Waals surface area contributed by atoms with Gasteiger partial charge in [0.1, 0.15) is 0 Å². The molecule has 0 aliphatic heterocycles. The summed E-state index contributed by atoms with van der Waals surface area (Å²) in [7, 11) is 1.49. The zero-order chi connectivity index (χ0) is 9.19. The van der Waals surface area contributed by atoms with Crippen molar-refractivity contribution >= 4 is 5.91 Å². The van der Waals surface area contributed by atoms with Crippen LogP contribution in [-0.4, -0.2) is 18.6 Å². The number of nitrogens with one attached hydrogen (secondary N) is 1. The van der Waals surface area contributed by atoms with Crippen molar-refractivity contribution in [2.45, 2.75) is 38.3 Å². The number of carbonyl (C=O) groups excluding carboxylic acids is 1. The Hall–Kier alpha value is -0.600. The lowest BCUT2D eigenvalue weighted by Crippen LogP contribution is -2.43. The van der Waals surface area contributed by atoms with Crippen LogP contribution in [0.5, 0.6) is 0 Å². The first-order chi connectivity index (χ1) is 5.65. The van der Waals surface area contributed by atoms with Crippen LogP contribution in [-0.2, 0) is 4.79 Å². The standard InChI is InChI=1S/C9H16FNO/c1-3-6-9(10,7-4-5-7)8(12)11-2/h7H,3-6H2,1-2H3,(H,11,12). The molecule has 1 atom stereocenters. The highest BCUT2D eigenvalue weighted by Gasteiger charge is 2.50. The molecule has 1 amide bonds. The smallest absolute Gasteiger partial charge is 0.257 e. The molecule has 0 heterocycles. The highest BCUT2D eigenvalue weighted by atomic mass is 19.1. The molecule has 0 spiro atoms. The fourth-order valence-corrected chi connectivity index (χ4v) is 1.62. The molecular formula is C9H16FNO. The molecule has 1 aliphatic carbocycles. The lowest BCUT2D eigenvalue weighted by atomic mass is 9.93. The topological polar surface area (TPSA) is 29.1 Å². The zero-order valence-corrected chi connectivity index (χ0v) is 7.69. The van der Waals surface area contributed by atoms with Gasteiger partial charge in [0.15, 0.2) is 5.67 Å². The molecule has 0 aromatic carbocycles. The van der Waals surface area contributed by atoms with Crippen molar-refractivity contribution in [1.29, 1.82) is 0 Å². The molecule has 3 heteroatoms. The Balaban J connectivity index is 2.63. The third-order valence-electron chi connectivity index (χ3n) is 2.44. The van der Waals surface area contributed by atoms with Crippen molar-refractivity contribution in [3.8, 4) is 0 Å². The van der Waals surface area contributed by atoms with Gasteiger partial charge in [0.05, 0.1) is 0 Å². The molecule has 0 bridgehead atoms. The van der Waals surface area contributed by atoms with E-state index in [1.54, 1.807) is 0 Å². The minimum absolute atomic E-state index is 0.0163. The largest absolute Gasteiger partial charge is 0.356 e. The van der Waals surface area contributed by atoms with Crippen LogP contribution >= 0.6 is 0 Å². The first-order valence-corrected chi connectivity index (χ1v) is 4.56. The van der Waals surface area contributed by atoms with E-state index in [9.17, 15) is 9.18 Å². The second kappa shape index (κ2) is 3.42. The van der Waals surface area contributed by atoms with E-state index in [0.29, 0.717) is 6.42 Å². The average Bonchev–Trinajstić information content (AvgIpc) is 2.85. The second-order valence-corrected chi connectivity index (χ2v) is 3.47. The van der Waals surface area contributed by atoms with E-state index in [2.05, 4.69) is 5.32 Å². The van der Waals surface area contributed by atoms with E-state index < -0.39 is 11.6 Å². The summed E-state index contributed by atoms with van der Waals surface area (Å²) in [5, 5.41) is 2.40. The Morgan fingerprint density at radius 3 is 2.58 bits per heavy atom. The third kappa shape index (κ3) is 1.59. The van der Waals surface area contributed by atoms with Gasteiger partial charge < -0.3 is 5.32 Å². The lowest BCUT2D eigenvalue weighted by molar-refractivity contribution is -0.134. The van der Waals surface area contributed by atoms with Crippen molar-refractivity contribution < 1.29 is 9.18 Å². The van der Waals surface area contributed by atoms with Gasteiger partial charge in [-0.05, 0) is 19.3 Å². The van der Waals surface area contributed by atoms with Crippen LogP contribution in [0.3, 0.4) is 0 Å². The predicted octanol–water partition coefficient (Wildman–Crippen LogP) is 1.65. The molecule has 0 radical (unpaired) electrons. The Morgan fingerprint density at radius 2 is 2.25 bits per heavy atom. The summed E-state index contributed by atoms with van der Waals surface area (Å²) in [6, 6.07) is 0. The minimum atomic E-state index is -1.58. The SMILES string of the molecule is CCCC(F)(C(=O)NC)C1CC1. The molecule has 0 aromatic heterocycles. The minimum Gasteiger partial charge on any atom is -0.356 e. The molecule has 0 aromatic rings. The molecule has 1 N–H and O–H groups in total. The highest BCUT2D eigenvalue weighted by Crippen LogP contribution is 2.44. The number of alkyl halides is 1. The summed E-state index contributed by atoms with van der Waals surface area (Å²) in [5.41, 5.74) is -1.58. The summed E-state index contributed by atoms with van der Waals surface area (Å²) < 4.78 is 14.0. The monoisotopic (exact) mass is 173 g/mol. The van der Waals surface area contributed by atoms with Gasteiger partial charge >= 0.3 is 0 Å². The Labute approximate surface area is 72.5 Å². The Morgan fingerprint density at radius 1 is 1.67 bits per heavy atom. The van der Waals surface area contributed by atoms with Gasteiger partial charge in [0, 0.05) is 13.0 Å². The zero-order valence-electron chi connectivity index (χ0n) is 7.69. The molecule has 1 saturated carbocycles. The molecule has 2 nitrogen and oxygen atoms in total. The summed E-state index contributed by atoms with van der Waals surface area (Å²) in [6.45, 7) is 1.90. The van der Waals surface area contributed by atoms with Gasteiger partial charge in [0.2, 0.25) is 0 Å². The predicted molar refractivity (Wildman–Crippen MR) is 45.5 cm³/mol. The number of amides is 1. The van der Waals surface area contributed by atoms with E-state index >= 15 is 0 Å². The lowest BCUT2D eigenvalue weighted by Gasteiger charge is -2.22. The highest BCUT2D eigenvalue weighted by molar-refractivity contribution is 5.85. The maximum atomic E-state index is 14.0. The average molecular weight is 173 g/mol. The van der Waals surface area contributed by atoms with E-state index in [-0.39, 0.29) is 5.92 Å². The van der Waals surface area contributed by atoms with Gasteiger partial charge in [0.25, 0.3) is 5.91 Å². The van der Waals surface area contributed by atoms with Crippen molar-refractivity contribution in [1.82, 2.24) is 5.32 Å². The summed E-state index contributed by atoms with van der Waals surface area (Å²) in [4.78, 5) is 11.2. The van der Waals surface area contributed by atoms with Crippen LogP contribution in [0.15, 0.2) is 0 Å². The summed E-state index contributed by atoms with van der Waals surface area (Å²) in [5.74, 6) is -0.454. The molecule has 70 valence electrons. The first kappa shape index (κ1) is 9.49. The molecule has 1 unspecified atom stereocenters. The van der Waals surface area contributed by atoms with Crippen LogP contribution in [0.4, 0.5) is 4.39 Å². The first-order valence-electron chi connectivity index (χ1n) is 4.56. The molecule has 1 fully saturated rings. The van der Waals surface area contributed by atoms with Gasteiger partial charge in [-0.25, -0.2) is 4.39 Å². The Kier molecular flexibility index (Phi) is 2.70. The molecule has 1 aliphatic rings. The van der Waals surface area contributed by atoms with E-state index in [4.69, 9.17) is 0 Å². The van der Waals surface area contributed by atoms with Crippen molar-refractivity contribution in [2.24, 2.45) is 5.92 Å². The van der Waals surface area contributed by atoms with Crippen LogP contribution < -0.4 is 5.32 Å². The van der Waals surface area contributed by atoms with Crippen molar-refractivity contribution in [2.75, 3.05) is 7.05 Å². The van der Waals surface area contributed by atoms with Crippen molar-refractivity contribution in [3.63, 3.8) is 0 Å². The summed E-state index contributed by atoms with van der Waals surface area (Å²) in [6.07, 6.45) is 2.81. The maximum absolute atomic E-state index is 14.0. The van der Waals surface area contributed by atoms with Crippen LogP contribution in [0, 0.1) is 5.92 Å². The van der Waals surface area contributed by atoms with E-state index in [1.165, 1.54) is 7.05 Å². The summed E-state index contributed by atoms with van der Waals surface area (Å²) >= 11 is 0. The van der Waals surface area contributed by atoms with Gasteiger partial charge in [-0.3, -0.25) is 4.79 Å². The third-order valence-corrected chi connectivity index (χ3v) is 2.44. The van der Waals surface area contributed by atoms with Gasteiger partial charge in [-0.2, -0.15) is 0 Å². The quantitative estimate of drug-likeness (QED) is 0.688. The molecule has 0 saturated heterocycles. The van der Waals surface area contributed by atoms with Crippen LogP contribution in [0.2, 0.25) is 0 Å². The Bertz CT molecular complexity index is 179. The number of carbonyl (C=O) groups is 1. The van der Waals surface area contributed by atoms with Crippen LogP contribution in [0.25, 0.3) is 0 Å². The van der Waals surface area contributed by atoms with E-state index in [1.807, 2.05) is 6.92 Å². The van der Waals surface area contributed by atoms with Crippen LogP contribution in [0.1, 0.15) is 32.6 Å². The fourth-order valence-electron chi connectivity index (χ4n) is 1.62. The normalized spacial score (nSPS) is 21.6. The number of rotatable bonds is 4. The molecule has 1 rings (SSSR count). The molecule has 12 heavy (non-hydrogen) atoms. The second-order valence-electron chi connectivity index (χ2n) is 3.47. The fraction of sp³-hybridized carbons (Fsp3) is 0.889. The number of hydrogen-bond donors (Lipinski definition) is 1. The van der Waals surface area contributed by atoms with Crippen molar-refractivity contribution in [3.05, 3.63) is 0 Å².